The number of fused-ring (bicyclic) bond motifs is 3. The van der Waals surface area contributed by atoms with Gasteiger partial charge in [0.15, 0.2) is 6.40 Å². The van der Waals surface area contributed by atoms with E-state index in [1.165, 1.54) is 6.40 Å². The second-order valence-electron chi connectivity index (χ2n) is 6.35. The number of aliphatic imine (C=N–C) groups is 1. The highest BCUT2D eigenvalue weighted by Crippen LogP contribution is 2.26. The van der Waals surface area contributed by atoms with Crippen molar-refractivity contribution in [1.82, 2.24) is 9.88 Å². The number of hydrogen-bond acceptors (Lipinski definition) is 5. The molecule has 140 valence electrons. The van der Waals surface area contributed by atoms with Crippen molar-refractivity contribution in [3.63, 3.8) is 0 Å². The Morgan fingerprint density at radius 1 is 1.04 bits per heavy atom. The van der Waals surface area contributed by atoms with Crippen molar-refractivity contribution in [3.05, 3.63) is 91.1 Å². The molecule has 1 aromatic heterocycles. The molecule has 0 amide bonds. The normalized spacial score (nSPS) is 19.1. The van der Waals surface area contributed by atoms with Gasteiger partial charge in [0, 0.05) is 30.2 Å². The Morgan fingerprint density at radius 2 is 2.00 bits per heavy atom. The fraction of sp³-hybridized carbons (Fsp3) is 0.130. The Kier molecular flexibility index (Phi) is 5.63. The first kappa shape index (κ1) is 17.8. The summed E-state index contributed by atoms with van der Waals surface area (Å²) in [5.74, 6) is 0.646. The van der Waals surface area contributed by atoms with Gasteiger partial charge in [-0.25, -0.2) is 9.98 Å². The molecule has 2 aliphatic rings. The monoisotopic (exact) mass is 371 g/mol. The molecule has 0 saturated carbocycles. The number of aromatic nitrogens is 1. The average molecular weight is 371 g/mol. The summed E-state index contributed by atoms with van der Waals surface area (Å²) in [5.41, 5.74) is 1.10. The molecule has 0 fully saturated rings. The van der Waals surface area contributed by atoms with Crippen LogP contribution in [0, 0.1) is 0 Å². The Morgan fingerprint density at radius 3 is 3.00 bits per heavy atom. The van der Waals surface area contributed by atoms with Crippen LogP contribution in [0.1, 0.15) is 5.56 Å². The van der Waals surface area contributed by atoms with E-state index >= 15 is 0 Å². The van der Waals surface area contributed by atoms with Gasteiger partial charge in [0.05, 0.1) is 6.54 Å². The fourth-order valence-electron chi connectivity index (χ4n) is 2.95. The lowest BCUT2D eigenvalue weighted by molar-refractivity contribution is 0.230. The summed E-state index contributed by atoms with van der Waals surface area (Å²) in [6, 6.07) is 8.29. The smallest absolute Gasteiger partial charge is 0.221 e. The van der Waals surface area contributed by atoms with E-state index in [9.17, 15) is 0 Å². The third-order valence-corrected chi connectivity index (χ3v) is 4.33. The van der Waals surface area contributed by atoms with Crippen molar-refractivity contribution >= 4 is 23.2 Å². The molecular weight excluding hydrogens is 350 g/mol. The Labute approximate surface area is 164 Å². The van der Waals surface area contributed by atoms with Crippen molar-refractivity contribution < 1.29 is 9.47 Å². The topological polar surface area (TPSA) is 47.0 Å². The molecule has 0 aliphatic carbocycles. The summed E-state index contributed by atoms with van der Waals surface area (Å²) < 4.78 is 11.5. The highest BCUT2D eigenvalue weighted by molar-refractivity contribution is 5.88. The maximum absolute atomic E-state index is 6.17. The zero-order chi connectivity index (χ0) is 19.0. The van der Waals surface area contributed by atoms with Crippen molar-refractivity contribution in [2.45, 2.75) is 6.10 Å². The largest absolute Gasteiger partial charge is 0.479 e. The molecule has 2 aromatic rings. The second kappa shape index (κ2) is 8.86. The highest BCUT2D eigenvalue weighted by Gasteiger charge is 2.17. The number of rotatable bonds is 0. The van der Waals surface area contributed by atoms with E-state index in [1.54, 1.807) is 12.4 Å². The Balaban J connectivity index is 1.63. The first-order valence-corrected chi connectivity index (χ1v) is 9.18. The van der Waals surface area contributed by atoms with Gasteiger partial charge in [-0.2, -0.15) is 0 Å². The van der Waals surface area contributed by atoms with Gasteiger partial charge >= 0.3 is 0 Å². The van der Waals surface area contributed by atoms with E-state index < -0.39 is 0 Å². The molecule has 1 aromatic carbocycles. The molecule has 2 aliphatic heterocycles. The lowest BCUT2D eigenvalue weighted by atomic mass is 10.1. The van der Waals surface area contributed by atoms with E-state index in [2.05, 4.69) is 34.3 Å². The van der Waals surface area contributed by atoms with E-state index in [0.717, 1.165) is 16.3 Å². The summed E-state index contributed by atoms with van der Waals surface area (Å²) in [6.45, 7) is 1.18. The molecule has 3 heterocycles. The van der Waals surface area contributed by atoms with E-state index in [0.29, 0.717) is 19.0 Å². The Hall–Kier alpha value is -3.60. The molecule has 0 saturated heterocycles. The number of hydrogen-bond donors (Lipinski definition) is 0. The minimum Gasteiger partial charge on any atom is -0.479 e. The second-order valence-corrected chi connectivity index (χ2v) is 6.35. The van der Waals surface area contributed by atoms with Crippen LogP contribution in [0.25, 0.3) is 16.8 Å². The third-order valence-electron chi connectivity index (χ3n) is 4.33. The first-order valence-electron chi connectivity index (χ1n) is 9.18. The van der Waals surface area contributed by atoms with Gasteiger partial charge < -0.3 is 14.4 Å². The average Bonchev–Trinajstić information content (AvgIpc) is 3.16. The number of ether oxygens (including phenoxy) is 2. The van der Waals surface area contributed by atoms with E-state index in [1.807, 2.05) is 59.8 Å². The van der Waals surface area contributed by atoms with Crippen LogP contribution in [0.5, 0.6) is 5.88 Å². The summed E-state index contributed by atoms with van der Waals surface area (Å²) in [5, 5.41) is 2.11. The standard InChI is InChI=1S/C23H21N3O2/c1-2-4-6-19-7-8-20-9-11-25-23(22(20)16-19)28-21-10-13-26(17-21)14-12-24-18-27-15-5-3-1/h1-14,16,18,21H,15,17H2. The molecule has 28 heavy (non-hydrogen) atoms. The predicted octanol–water partition coefficient (Wildman–Crippen LogP) is 4.47. The van der Waals surface area contributed by atoms with Crippen LogP contribution in [0.15, 0.2) is 90.5 Å². The summed E-state index contributed by atoms with van der Waals surface area (Å²) >= 11 is 0. The van der Waals surface area contributed by atoms with Gasteiger partial charge in [0.2, 0.25) is 5.88 Å². The minimum absolute atomic E-state index is 0.0687. The molecule has 4 rings (SSSR count). The summed E-state index contributed by atoms with van der Waals surface area (Å²) in [6.07, 6.45) is 22.6. The summed E-state index contributed by atoms with van der Waals surface area (Å²) in [4.78, 5) is 10.6. The minimum atomic E-state index is -0.0687. The zero-order valence-corrected chi connectivity index (χ0v) is 15.4. The molecule has 0 radical (unpaired) electrons. The lowest BCUT2D eigenvalue weighted by Gasteiger charge is -2.16. The molecule has 4 bridgehead atoms. The van der Waals surface area contributed by atoms with E-state index in [-0.39, 0.29) is 6.10 Å². The van der Waals surface area contributed by atoms with Gasteiger partial charge in [0.1, 0.15) is 12.7 Å². The van der Waals surface area contributed by atoms with Crippen LogP contribution in [-0.2, 0) is 4.74 Å². The van der Waals surface area contributed by atoms with Crippen LogP contribution >= 0.6 is 0 Å². The molecule has 5 nitrogen and oxygen atoms in total. The van der Waals surface area contributed by atoms with Crippen molar-refractivity contribution in [2.75, 3.05) is 13.2 Å². The fourth-order valence-corrected chi connectivity index (χ4v) is 2.95. The van der Waals surface area contributed by atoms with Crippen LogP contribution in [0.3, 0.4) is 0 Å². The molecule has 1 atom stereocenters. The van der Waals surface area contributed by atoms with Crippen molar-refractivity contribution in [2.24, 2.45) is 4.99 Å². The molecule has 5 heteroatoms. The molecule has 0 N–H and O–H groups in total. The van der Waals surface area contributed by atoms with Crippen LogP contribution < -0.4 is 4.74 Å². The van der Waals surface area contributed by atoms with Gasteiger partial charge in [0.25, 0.3) is 0 Å². The van der Waals surface area contributed by atoms with Crippen molar-refractivity contribution in [3.8, 4) is 5.88 Å². The molecule has 0 spiro atoms. The van der Waals surface area contributed by atoms with Gasteiger partial charge in [-0.1, -0.05) is 42.5 Å². The van der Waals surface area contributed by atoms with Crippen LogP contribution in [-0.4, -0.2) is 35.5 Å². The maximum atomic E-state index is 6.17. The van der Waals surface area contributed by atoms with Gasteiger partial charge in [-0.3, -0.25) is 0 Å². The molecule has 1 unspecified atom stereocenters. The molecular formula is C23H21N3O2. The van der Waals surface area contributed by atoms with Gasteiger partial charge in [-0.15, -0.1) is 0 Å². The Bertz CT molecular complexity index is 1000. The lowest BCUT2D eigenvalue weighted by Crippen LogP contribution is -2.22. The number of allylic oxidation sites excluding steroid dienone is 4. The predicted molar refractivity (Wildman–Crippen MR) is 113 cm³/mol. The number of nitrogens with zero attached hydrogens (tertiary/aromatic N) is 3. The summed E-state index contributed by atoms with van der Waals surface area (Å²) in [7, 11) is 0. The number of benzene rings is 1. The highest BCUT2D eigenvalue weighted by atomic mass is 16.5. The quantitative estimate of drug-likeness (QED) is 0.686. The third kappa shape index (κ3) is 4.57. The van der Waals surface area contributed by atoms with Crippen LogP contribution in [0.2, 0.25) is 0 Å². The van der Waals surface area contributed by atoms with Crippen LogP contribution in [0.4, 0.5) is 0 Å². The SMILES string of the molecule is C1=CC=Cc2ccc3ccnc(c3c2)OC2C=CN(C=CN=COCC=C1)C2. The maximum Gasteiger partial charge on any atom is 0.221 e. The number of pyridine rings is 1. The van der Waals surface area contributed by atoms with Crippen molar-refractivity contribution in [1.29, 1.82) is 0 Å². The first-order chi connectivity index (χ1) is 13.9. The zero-order valence-electron chi connectivity index (χ0n) is 15.4. The van der Waals surface area contributed by atoms with E-state index in [4.69, 9.17) is 9.47 Å². The van der Waals surface area contributed by atoms with Gasteiger partial charge in [-0.05, 0) is 35.2 Å².